The third-order valence-electron chi connectivity index (χ3n) is 8.04. The van der Waals surface area contributed by atoms with Crippen LogP contribution in [0.3, 0.4) is 0 Å². The average Bonchev–Trinajstić information content (AvgIpc) is 2.99. The molecule has 0 saturated carbocycles. The first-order chi connectivity index (χ1) is 20.2. The number of fused-ring (bicyclic) bond motifs is 1. The molecule has 0 aliphatic carbocycles. The topological polar surface area (TPSA) is 33.0 Å². The molecule has 0 bridgehead atoms. The van der Waals surface area contributed by atoms with Crippen molar-refractivity contribution in [2.24, 2.45) is 0 Å². The largest absolute Gasteiger partial charge is 0.267 e. The molecule has 5 aromatic rings. The van der Waals surface area contributed by atoms with E-state index in [4.69, 9.17) is 11.6 Å². The number of rotatable bonds is 7. The highest BCUT2D eigenvalue weighted by atomic mass is 35.5. The highest BCUT2D eigenvalue weighted by Crippen LogP contribution is 2.49. The Labute approximate surface area is 252 Å². The van der Waals surface area contributed by atoms with Crippen LogP contribution < -0.4 is 0 Å². The second-order valence-corrected chi connectivity index (χ2v) is 14.4. The molecule has 1 unspecified atom stereocenters. The summed E-state index contributed by atoms with van der Waals surface area (Å²) in [6.45, 7) is 3.79. The lowest BCUT2D eigenvalue weighted by Gasteiger charge is -2.38. The molecule has 1 aromatic heterocycles. The lowest BCUT2D eigenvalue weighted by molar-refractivity contribution is -0.527. The molecule has 4 aromatic carbocycles. The zero-order valence-corrected chi connectivity index (χ0v) is 25.2. The Kier molecular flexibility index (Phi) is 7.34. The molecule has 2 heterocycles. The lowest BCUT2D eigenvalue weighted by Crippen LogP contribution is -2.48. The number of aromatic nitrogens is 1. The summed E-state index contributed by atoms with van der Waals surface area (Å²) >= 11 is 6.44. The smallest absolute Gasteiger partial charge is 0.245 e. The van der Waals surface area contributed by atoms with Gasteiger partial charge in [-0.2, -0.15) is 4.58 Å². The zero-order chi connectivity index (χ0) is 29.5. The van der Waals surface area contributed by atoms with Gasteiger partial charge in [0.15, 0.2) is 0 Å². The van der Waals surface area contributed by atoms with Crippen LogP contribution in [-0.2, 0) is 15.1 Å². The molecule has 0 N–H and O–H groups in total. The first-order valence-electron chi connectivity index (χ1n) is 13.9. The van der Waals surface area contributed by atoms with E-state index in [9.17, 15) is 4.21 Å². The van der Waals surface area contributed by atoms with Crippen molar-refractivity contribution in [1.29, 1.82) is 0 Å². The number of benzene rings is 4. The summed E-state index contributed by atoms with van der Waals surface area (Å²) in [6.07, 6.45) is 3.37. The fourth-order valence-corrected chi connectivity index (χ4v) is 6.86. The fourth-order valence-electron chi connectivity index (χ4n) is 5.73. The van der Waals surface area contributed by atoms with E-state index >= 15 is 4.39 Å². The van der Waals surface area contributed by atoms with Gasteiger partial charge < -0.3 is 0 Å². The minimum atomic E-state index is -2.41. The number of hydrogen-bond acceptors (Lipinski definition) is 2. The van der Waals surface area contributed by atoms with Crippen molar-refractivity contribution in [2.45, 2.75) is 24.6 Å². The second-order valence-electron chi connectivity index (χ2n) is 10.9. The summed E-state index contributed by atoms with van der Waals surface area (Å²) in [5.41, 5.74) is 5.88. The molecule has 42 heavy (non-hydrogen) atoms. The monoisotopic (exact) mass is 593 g/mol. The molecular weight excluding hydrogens is 563 g/mol. The summed E-state index contributed by atoms with van der Waals surface area (Å²) in [6, 6.07) is 38.0. The van der Waals surface area contributed by atoms with E-state index in [1.54, 1.807) is 23.9 Å². The summed E-state index contributed by atoms with van der Waals surface area (Å²) in [5, 5.41) is 1.83. The minimum absolute atomic E-state index is 0.121. The first-order valence-corrected chi connectivity index (χ1v) is 16.3. The van der Waals surface area contributed by atoms with Crippen molar-refractivity contribution in [3.05, 3.63) is 166 Å². The molecule has 0 saturated heterocycles. The highest BCUT2D eigenvalue weighted by molar-refractivity contribution is 8.01. The molecule has 6 rings (SSSR count). The van der Waals surface area contributed by atoms with Crippen LogP contribution in [0.25, 0.3) is 0 Å². The van der Waals surface area contributed by atoms with Crippen LogP contribution in [0.5, 0.6) is 0 Å². The number of halogens is 2. The molecule has 0 spiro atoms. The Hall–Kier alpha value is -4.06. The van der Waals surface area contributed by atoms with E-state index in [-0.39, 0.29) is 5.25 Å². The molecule has 3 nitrogen and oxygen atoms in total. The Bertz CT molecular complexity index is 1830. The minimum Gasteiger partial charge on any atom is -0.267 e. The second kappa shape index (κ2) is 11.0. The number of pyridine rings is 1. The average molecular weight is 594 g/mol. The van der Waals surface area contributed by atoms with Crippen molar-refractivity contribution in [3.8, 4) is 0 Å². The van der Waals surface area contributed by atoms with Crippen LogP contribution in [-0.4, -0.2) is 36.4 Å². The predicted molar refractivity (Wildman–Crippen MR) is 172 cm³/mol. The maximum absolute atomic E-state index is 16.0. The maximum Gasteiger partial charge on any atom is 0.245 e. The summed E-state index contributed by atoms with van der Waals surface area (Å²) in [7, 11) is -2.41. The third kappa shape index (κ3) is 4.67. The van der Waals surface area contributed by atoms with E-state index < -0.39 is 20.9 Å². The normalized spacial score (nSPS) is 14.2. The van der Waals surface area contributed by atoms with Crippen LogP contribution >= 0.6 is 11.6 Å². The highest BCUT2D eigenvalue weighted by Gasteiger charge is 2.55. The van der Waals surface area contributed by atoms with E-state index in [1.807, 2.05) is 86.6 Å². The van der Waals surface area contributed by atoms with Crippen LogP contribution in [0.4, 0.5) is 10.1 Å². The van der Waals surface area contributed by atoms with Gasteiger partial charge in [0.05, 0.1) is 5.56 Å². The van der Waals surface area contributed by atoms with Crippen molar-refractivity contribution < 1.29 is 13.2 Å². The van der Waals surface area contributed by atoms with Crippen molar-refractivity contribution >= 4 is 37.9 Å². The molecular formula is C36H31ClFN2OS+. The molecule has 1 atom stereocenters. The Morgan fingerprint density at radius 1 is 0.833 bits per heavy atom. The molecule has 1 aliphatic heterocycles. The van der Waals surface area contributed by atoms with Gasteiger partial charge >= 0.3 is 0 Å². The van der Waals surface area contributed by atoms with Gasteiger partial charge in [0.2, 0.25) is 16.9 Å². The Morgan fingerprint density at radius 2 is 1.36 bits per heavy atom. The van der Waals surface area contributed by atoms with E-state index in [2.05, 4.69) is 46.0 Å². The Morgan fingerprint density at radius 3 is 1.83 bits per heavy atom. The van der Waals surface area contributed by atoms with Crippen molar-refractivity contribution in [2.75, 3.05) is 6.26 Å². The van der Waals surface area contributed by atoms with Gasteiger partial charge in [0.1, 0.15) is 16.5 Å². The van der Waals surface area contributed by atoms with Crippen LogP contribution in [0.2, 0.25) is 5.15 Å². The molecule has 0 amide bonds. The van der Waals surface area contributed by atoms with Gasteiger partial charge in [0.25, 0.3) is 0 Å². The quantitative estimate of drug-likeness (QED) is 0.0834. The van der Waals surface area contributed by atoms with Gasteiger partial charge in [-0.05, 0) is 27.7 Å². The predicted octanol–water partition coefficient (Wildman–Crippen LogP) is 7.83. The van der Waals surface area contributed by atoms with Crippen molar-refractivity contribution in [3.63, 3.8) is 0 Å². The molecule has 0 fully saturated rings. The van der Waals surface area contributed by atoms with E-state index in [0.29, 0.717) is 10.7 Å². The van der Waals surface area contributed by atoms with Gasteiger partial charge in [-0.15, -0.1) is 0 Å². The first kappa shape index (κ1) is 28.1. The van der Waals surface area contributed by atoms with Crippen LogP contribution in [0, 0.1) is 5.82 Å². The molecule has 0 radical (unpaired) electrons. The van der Waals surface area contributed by atoms with E-state index in [1.165, 1.54) is 0 Å². The third-order valence-corrected chi connectivity index (χ3v) is 10.8. The summed E-state index contributed by atoms with van der Waals surface area (Å²) < 4.78 is 31.5. The summed E-state index contributed by atoms with van der Waals surface area (Å²) in [5.74, 6) is -0.413. The number of nitrogens with zero attached hydrogens (tertiary/aromatic N) is 2. The van der Waals surface area contributed by atoms with Crippen LogP contribution in [0.15, 0.2) is 121 Å². The zero-order valence-electron chi connectivity index (χ0n) is 23.7. The lowest BCUT2D eigenvalue weighted by atomic mass is 9.73. The standard InChI is InChI=1S/C36H31ClFN2OS/c1-25(2)42(3,41)24-27-21-31-33(23-32(27)38)40(35(31)26-19-20-39-34(37)22-26)36(28-13-7-4-8-14-28,29-15-9-5-10-16-29)30-17-11-6-12-18-30/h4-25H,1-3H3/q+1. The van der Waals surface area contributed by atoms with Gasteiger partial charge in [-0.1, -0.05) is 116 Å². The van der Waals surface area contributed by atoms with Crippen LogP contribution in [0.1, 0.15) is 47.2 Å². The maximum atomic E-state index is 16.0. The molecule has 6 heteroatoms. The summed E-state index contributed by atoms with van der Waals surface area (Å²) in [4.78, 5) is 4.23. The van der Waals surface area contributed by atoms with E-state index in [0.717, 1.165) is 39.2 Å². The van der Waals surface area contributed by atoms with Gasteiger partial charge in [-0.3, -0.25) is 4.21 Å². The molecule has 210 valence electrons. The van der Waals surface area contributed by atoms with Gasteiger partial charge in [-0.25, -0.2) is 9.37 Å². The Balaban J connectivity index is 1.77. The SMILES string of the molecule is CC(C)S(C)(=O)=Cc1cc2c(cc1F)[N+](C(c1ccccc1)(c1ccccc1)c1ccccc1)=C2c1ccnc(Cl)c1. The van der Waals surface area contributed by atoms with Gasteiger partial charge in [0, 0.05) is 51.4 Å². The molecule has 1 aliphatic rings. The number of hydrogen-bond donors (Lipinski definition) is 0. The fraction of sp³-hybridized carbons (Fsp3) is 0.139. The van der Waals surface area contributed by atoms with Crippen molar-refractivity contribution in [1.82, 2.24) is 4.98 Å².